The van der Waals surface area contributed by atoms with Crippen LogP contribution in [0.4, 0.5) is 0 Å². The van der Waals surface area contributed by atoms with Crippen LogP contribution >= 0.6 is 0 Å². The Hall–Kier alpha value is -1.31. The highest BCUT2D eigenvalue weighted by Crippen LogP contribution is 2.57. The molecule has 0 bridgehead atoms. The molecule has 0 N–H and O–H groups in total. The minimum Gasteiger partial charge on any atom is -0.493 e. The highest BCUT2D eigenvalue weighted by Gasteiger charge is 2.53. The standard InChI is InChI=1S/C20H29NO5S/c1-19(2)15-12-20(8-10-21(11-9-20)27(4,22)23)13-25-17(15)14-6-5-7-16(24-3)18(14)26-19/h5-7,15,17H,8-13H2,1-4H3/t15-,17+/m0/s1. The average Bonchev–Trinajstić information content (AvgIpc) is 2.61. The number of sulfonamides is 1. The molecular weight excluding hydrogens is 366 g/mol. The summed E-state index contributed by atoms with van der Waals surface area (Å²) in [7, 11) is -1.46. The molecule has 0 aliphatic carbocycles. The second kappa shape index (κ2) is 6.36. The lowest BCUT2D eigenvalue weighted by Gasteiger charge is -2.54. The molecule has 0 aromatic heterocycles. The van der Waals surface area contributed by atoms with E-state index in [1.807, 2.05) is 12.1 Å². The molecular formula is C20H29NO5S. The minimum absolute atomic E-state index is 0.0163. The Bertz CT molecular complexity index is 827. The Morgan fingerprint density at radius 3 is 2.56 bits per heavy atom. The van der Waals surface area contributed by atoms with Gasteiger partial charge in [0.15, 0.2) is 11.5 Å². The van der Waals surface area contributed by atoms with Crippen LogP contribution in [-0.4, -0.2) is 51.4 Å². The van der Waals surface area contributed by atoms with Crippen molar-refractivity contribution in [2.45, 2.75) is 44.8 Å². The van der Waals surface area contributed by atoms with Crippen molar-refractivity contribution in [3.05, 3.63) is 23.8 Å². The maximum atomic E-state index is 11.8. The van der Waals surface area contributed by atoms with Gasteiger partial charge >= 0.3 is 0 Å². The van der Waals surface area contributed by atoms with Crippen LogP contribution in [0.25, 0.3) is 0 Å². The van der Waals surface area contributed by atoms with Crippen LogP contribution in [0, 0.1) is 11.3 Å². The van der Waals surface area contributed by atoms with Gasteiger partial charge in [0.2, 0.25) is 10.0 Å². The summed E-state index contributed by atoms with van der Waals surface area (Å²) in [6.45, 7) is 6.05. The number of ether oxygens (including phenoxy) is 3. The molecule has 3 aliphatic rings. The lowest BCUT2D eigenvalue weighted by atomic mass is 9.64. The molecule has 150 valence electrons. The number of piperidine rings is 1. The van der Waals surface area contributed by atoms with Crippen LogP contribution in [-0.2, 0) is 14.8 Å². The van der Waals surface area contributed by atoms with E-state index < -0.39 is 10.0 Å². The zero-order valence-electron chi connectivity index (χ0n) is 16.5. The number of hydrogen-bond donors (Lipinski definition) is 0. The fraction of sp³-hybridized carbons (Fsp3) is 0.700. The van der Waals surface area contributed by atoms with Crippen molar-refractivity contribution in [1.29, 1.82) is 0 Å². The molecule has 0 amide bonds. The molecule has 3 aliphatic heterocycles. The Labute approximate surface area is 161 Å². The molecule has 2 saturated heterocycles. The SMILES string of the molecule is COc1cccc2c1OC(C)(C)[C@H]1CC3(CCN(S(C)(=O)=O)CC3)CO[C@H]21. The van der Waals surface area contributed by atoms with Gasteiger partial charge in [0.05, 0.1) is 26.1 Å². The molecule has 7 heteroatoms. The van der Waals surface area contributed by atoms with E-state index in [0.717, 1.165) is 36.3 Å². The first kappa shape index (κ1) is 19.0. The quantitative estimate of drug-likeness (QED) is 0.770. The Kier molecular flexibility index (Phi) is 4.48. The van der Waals surface area contributed by atoms with Crippen LogP contribution in [0.15, 0.2) is 18.2 Å². The van der Waals surface area contributed by atoms with Gasteiger partial charge in [-0.15, -0.1) is 0 Å². The fourth-order valence-corrected chi connectivity index (χ4v) is 5.78. The molecule has 0 radical (unpaired) electrons. The Morgan fingerprint density at radius 1 is 1.22 bits per heavy atom. The maximum Gasteiger partial charge on any atom is 0.211 e. The number of fused-ring (bicyclic) bond motifs is 3. The van der Waals surface area contributed by atoms with Gasteiger partial charge < -0.3 is 14.2 Å². The molecule has 2 fully saturated rings. The second-order valence-electron chi connectivity index (χ2n) is 8.79. The number of para-hydroxylation sites is 1. The van der Waals surface area contributed by atoms with Gasteiger partial charge in [-0.1, -0.05) is 12.1 Å². The molecule has 6 nitrogen and oxygen atoms in total. The summed E-state index contributed by atoms with van der Waals surface area (Å²) in [6.07, 6.45) is 3.94. The van der Waals surface area contributed by atoms with Crippen molar-refractivity contribution in [2.75, 3.05) is 33.1 Å². The molecule has 0 unspecified atom stereocenters. The number of nitrogens with zero attached hydrogens (tertiary/aromatic N) is 1. The molecule has 27 heavy (non-hydrogen) atoms. The van der Waals surface area contributed by atoms with E-state index in [0.29, 0.717) is 19.7 Å². The summed E-state index contributed by atoms with van der Waals surface area (Å²) < 4.78 is 43.6. The van der Waals surface area contributed by atoms with Gasteiger partial charge in [-0.3, -0.25) is 0 Å². The van der Waals surface area contributed by atoms with E-state index in [1.165, 1.54) is 6.26 Å². The first-order valence-corrected chi connectivity index (χ1v) is 11.4. The molecule has 2 atom stereocenters. The Balaban J connectivity index is 1.60. The zero-order chi connectivity index (χ0) is 19.4. The van der Waals surface area contributed by atoms with E-state index in [2.05, 4.69) is 19.9 Å². The number of benzene rings is 1. The predicted molar refractivity (Wildman–Crippen MR) is 103 cm³/mol. The fourth-order valence-electron chi connectivity index (χ4n) is 4.94. The smallest absolute Gasteiger partial charge is 0.211 e. The third-order valence-electron chi connectivity index (χ3n) is 6.63. The van der Waals surface area contributed by atoms with Crippen molar-refractivity contribution in [3.8, 4) is 11.5 Å². The van der Waals surface area contributed by atoms with Gasteiger partial charge in [-0.05, 0) is 44.6 Å². The van der Waals surface area contributed by atoms with Gasteiger partial charge in [0.25, 0.3) is 0 Å². The summed E-state index contributed by atoms with van der Waals surface area (Å²) in [6, 6.07) is 5.96. The third-order valence-corrected chi connectivity index (χ3v) is 7.94. The lowest BCUT2D eigenvalue weighted by molar-refractivity contribution is -0.172. The number of methoxy groups -OCH3 is 1. The van der Waals surface area contributed by atoms with Gasteiger partial charge in [0, 0.05) is 24.6 Å². The van der Waals surface area contributed by atoms with E-state index in [9.17, 15) is 8.42 Å². The Morgan fingerprint density at radius 2 is 1.93 bits per heavy atom. The summed E-state index contributed by atoms with van der Waals surface area (Å²) in [5.74, 6) is 1.74. The summed E-state index contributed by atoms with van der Waals surface area (Å²) in [5.41, 5.74) is 0.703. The highest BCUT2D eigenvalue weighted by atomic mass is 32.2. The van der Waals surface area contributed by atoms with Gasteiger partial charge in [0.1, 0.15) is 5.60 Å². The highest BCUT2D eigenvalue weighted by molar-refractivity contribution is 7.88. The first-order valence-electron chi connectivity index (χ1n) is 9.58. The second-order valence-corrected chi connectivity index (χ2v) is 10.8. The van der Waals surface area contributed by atoms with E-state index in [4.69, 9.17) is 14.2 Å². The molecule has 1 aromatic rings. The monoisotopic (exact) mass is 395 g/mol. The topological polar surface area (TPSA) is 65.1 Å². The molecule has 1 spiro atoms. The number of rotatable bonds is 2. The van der Waals surface area contributed by atoms with E-state index in [-0.39, 0.29) is 23.0 Å². The largest absolute Gasteiger partial charge is 0.493 e. The van der Waals surface area contributed by atoms with Crippen molar-refractivity contribution in [3.63, 3.8) is 0 Å². The van der Waals surface area contributed by atoms with E-state index >= 15 is 0 Å². The molecule has 3 heterocycles. The van der Waals surface area contributed by atoms with Crippen molar-refractivity contribution >= 4 is 10.0 Å². The van der Waals surface area contributed by atoms with Crippen LogP contribution in [0.1, 0.15) is 44.8 Å². The summed E-state index contributed by atoms with van der Waals surface area (Å²) in [5, 5.41) is 0. The van der Waals surface area contributed by atoms with Crippen LogP contribution in [0.3, 0.4) is 0 Å². The van der Waals surface area contributed by atoms with Crippen LogP contribution < -0.4 is 9.47 Å². The van der Waals surface area contributed by atoms with Gasteiger partial charge in [-0.2, -0.15) is 0 Å². The van der Waals surface area contributed by atoms with Crippen molar-refractivity contribution in [1.82, 2.24) is 4.31 Å². The molecule has 1 aromatic carbocycles. The van der Waals surface area contributed by atoms with Crippen molar-refractivity contribution < 1.29 is 22.6 Å². The summed E-state index contributed by atoms with van der Waals surface area (Å²) >= 11 is 0. The van der Waals surface area contributed by atoms with Crippen LogP contribution in [0.2, 0.25) is 0 Å². The van der Waals surface area contributed by atoms with E-state index in [1.54, 1.807) is 11.4 Å². The molecule has 4 rings (SSSR count). The zero-order valence-corrected chi connectivity index (χ0v) is 17.3. The van der Waals surface area contributed by atoms with Crippen LogP contribution in [0.5, 0.6) is 11.5 Å². The minimum atomic E-state index is -3.12. The third kappa shape index (κ3) is 3.23. The first-order chi connectivity index (χ1) is 12.7. The normalized spacial score (nSPS) is 29.5. The predicted octanol–water partition coefficient (Wildman–Crippen LogP) is 2.99. The average molecular weight is 396 g/mol. The van der Waals surface area contributed by atoms with Crippen molar-refractivity contribution in [2.24, 2.45) is 11.3 Å². The summed E-state index contributed by atoms with van der Waals surface area (Å²) in [4.78, 5) is 0. The molecule has 0 saturated carbocycles. The maximum absolute atomic E-state index is 11.8. The lowest BCUT2D eigenvalue weighted by Crippen LogP contribution is -2.54. The number of hydrogen-bond acceptors (Lipinski definition) is 5. The van der Waals surface area contributed by atoms with Gasteiger partial charge in [-0.25, -0.2) is 12.7 Å².